The number of rotatable bonds is 0. The summed E-state index contributed by atoms with van der Waals surface area (Å²) in [7, 11) is 1.92. The highest BCUT2D eigenvalue weighted by atomic mass is 35.5. The average molecular weight is 181 g/mol. The van der Waals surface area contributed by atoms with E-state index in [9.17, 15) is 0 Å². The average Bonchev–Trinajstić information content (AvgIpc) is 2.32. The Kier molecular flexibility index (Phi) is 1.51. The number of benzene rings is 1. The molecule has 0 saturated carbocycles. The lowest BCUT2D eigenvalue weighted by molar-refractivity contribution is 0.970. The third-order valence-electron chi connectivity index (χ3n) is 2.06. The van der Waals surface area contributed by atoms with Crippen LogP contribution in [0.5, 0.6) is 0 Å². The van der Waals surface area contributed by atoms with Gasteiger partial charge in [-0.1, -0.05) is 17.7 Å². The summed E-state index contributed by atoms with van der Waals surface area (Å²) >= 11 is 5.93. The van der Waals surface area contributed by atoms with Gasteiger partial charge in [0, 0.05) is 18.1 Å². The predicted molar refractivity (Wildman–Crippen MR) is 52.3 cm³/mol. The van der Waals surface area contributed by atoms with Crippen LogP contribution in [0.25, 0.3) is 10.9 Å². The standard InChI is InChI=1S/C9H9ClN2/c1-12-8-4-2-3-7(11)6(8)5-9(12)10/h2-5H,11H2,1H3. The van der Waals surface area contributed by atoms with Crippen molar-refractivity contribution in [3.63, 3.8) is 0 Å². The molecule has 0 unspecified atom stereocenters. The molecule has 1 aromatic carbocycles. The Balaban J connectivity index is 2.95. The second-order valence-electron chi connectivity index (χ2n) is 2.81. The molecule has 0 aliphatic heterocycles. The summed E-state index contributed by atoms with van der Waals surface area (Å²) in [6.45, 7) is 0. The molecule has 0 bridgehead atoms. The summed E-state index contributed by atoms with van der Waals surface area (Å²) in [5.41, 5.74) is 7.61. The molecule has 62 valence electrons. The van der Waals surface area contributed by atoms with Gasteiger partial charge in [-0.25, -0.2) is 0 Å². The van der Waals surface area contributed by atoms with Crippen molar-refractivity contribution < 1.29 is 0 Å². The van der Waals surface area contributed by atoms with Crippen molar-refractivity contribution in [2.45, 2.75) is 0 Å². The third kappa shape index (κ3) is 0.883. The van der Waals surface area contributed by atoms with Crippen LogP contribution in [0.3, 0.4) is 0 Å². The second-order valence-corrected chi connectivity index (χ2v) is 3.19. The summed E-state index contributed by atoms with van der Waals surface area (Å²) in [6, 6.07) is 7.68. The fraction of sp³-hybridized carbons (Fsp3) is 0.111. The first-order valence-corrected chi connectivity index (χ1v) is 4.07. The number of nitrogens with two attached hydrogens (primary N) is 1. The quantitative estimate of drug-likeness (QED) is 0.621. The maximum Gasteiger partial charge on any atom is 0.109 e. The van der Waals surface area contributed by atoms with Gasteiger partial charge >= 0.3 is 0 Å². The monoisotopic (exact) mass is 180 g/mol. The molecule has 1 aromatic heterocycles. The van der Waals surface area contributed by atoms with Crippen LogP contribution in [0.15, 0.2) is 24.3 Å². The predicted octanol–water partition coefficient (Wildman–Crippen LogP) is 2.41. The molecule has 3 heteroatoms. The minimum absolute atomic E-state index is 0.711. The van der Waals surface area contributed by atoms with Crippen LogP contribution < -0.4 is 5.73 Å². The number of hydrogen-bond acceptors (Lipinski definition) is 1. The molecule has 2 nitrogen and oxygen atoms in total. The van der Waals surface area contributed by atoms with Crippen molar-refractivity contribution in [1.82, 2.24) is 4.57 Å². The van der Waals surface area contributed by atoms with E-state index < -0.39 is 0 Å². The van der Waals surface area contributed by atoms with E-state index in [1.807, 2.05) is 35.9 Å². The number of aromatic nitrogens is 1. The van der Waals surface area contributed by atoms with Crippen LogP contribution >= 0.6 is 11.6 Å². The Hall–Kier alpha value is -1.15. The van der Waals surface area contributed by atoms with Gasteiger partial charge in [0.1, 0.15) is 5.15 Å². The zero-order valence-electron chi connectivity index (χ0n) is 6.71. The highest BCUT2D eigenvalue weighted by Gasteiger charge is 2.04. The van der Waals surface area contributed by atoms with E-state index in [2.05, 4.69) is 0 Å². The van der Waals surface area contributed by atoms with Crippen molar-refractivity contribution in [3.8, 4) is 0 Å². The lowest BCUT2D eigenvalue weighted by atomic mass is 10.2. The van der Waals surface area contributed by atoms with E-state index in [4.69, 9.17) is 17.3 Å². The zero-order valence-corrected chi connectivity index (χ0v) is 7.47. The summed E-state index contributed by atoms with van der Waals surface area (Å²) in [6.07, 6.45) is 0. The normalized spacial score (nSPS) is 10.8. The third-order valence-corrected chi connectivity index (χ3v) is 2.42. The van der Waals surface area contributed by atoms with E-state index in [0.717, 1.165) is 16.6 Å². The molecule has 0 saturated heterocycles. The Labute approximate surface area is 75.5 Å². The van der Waals surface area contributed by atoms with E-state index in [0.29, 0.717) is 5.15 Å². The maximum absolute atomic E-state index is 5.93. The van der Waals surface area contributed by atoms with Crippen molar-refractivity contribution in [2.75, 3.05) is 5.73 Å². The Morgan fingerprint density at radius 1 is 1.42 bits per heavy atom. The van der Waals surface area contributed by atoms with Crippen LogP contribution in [-0.2, 0) is 7.05 Å². The Morgan fingerprint density at radius 3 is 2.83 bits per heavy atom. The van der Waals surface area contributed by atoms with Gasteiger partial charge in [0.25, 0.3) is 0 Å². The zero-order chi connectivity index (χ0) is 8.72. The highest BCUT2D eigenvalue weighted by Crippen LogP contribution is 2.26. The highest BCUT2D eigenvalue weighted by molar-refractivity contribution is 6.31. The molecule has 2 aromatic rings. The van der Waals surface area contributed by atoms with E-state index >= 15 is 0 Å². The summed E-state index contributed by atoms with van der Waals surface area (Å²) < 4.78 is 1.91. The van der Waals surface area contributed by atoms with Gasteiger partial charge in [-0.05, 0) is 18.2 Å². The van der Waals surface area contributed by atoms with Crippen LogP contribution in [0, 0.1) is 0 Å². The fourth-order valence-electron chi connectivity index (χ4n) is 1.35. The summed E-state index contributed by atoms with van der Waals surface area (Å²) in [4.78, 5) is 0. The topological polar surface area (TPSA) is 30.9 Å². The number of hydrogen-bond donors (Lipinski definition) is 1. The number of nitrogens with zero attached hydrogens (tertiary/aromatic N) is 1. The first kappa shape index (κ1) is 7.50. The van der Waals surface area contributed by atoms with Gasteiger partial charge in [-0.15, -0.1) is 0 Å². The smallest absolute Gasteiger partial charge is 0.109 e. The van der Waals surface area contributed by atoms with Gasteiger partial charge in [-0.3, -0.25) is 0 Å². The SMILES string of the molecule is Cn1c(Cl)cc2c(N)cccc21. The van der Waals surface area contributed by atoms with Gasteiger partial charge in [-0.2, -0.15) is 0 Å². The molecule has 0 fully saturated rings. The van der Waals surface area contributed by atoms with E-state index in [1.54, 1.807) is 0 Å². The molecule has 12 heavy (non-hydrogen) atoms. The maximum atomic E-state index is 5.93. The lowest BCUT2D eigenvalue weighted by Crippen LogP contribution is -1.88. The van der Waals surface area contributed by atoms with Crippen molar-refractivity contribution in [2.24, 2.45) is 7.05 Å². The van der Waals surface area contributed by atoms with Gasteiger partial charge in [0.2, 0.25) is 0 Å². The fourth-order valence-corrected chi connectivity index (χ4v) is 1.55. The molecule has 0 aliphatic carbocycles. The van der Waals surface area contributed by atoms with Crippen LogP contribution in [-0.4, -0.2) is 4.57 Å². The number of nitrogen functional groups attached to an aromatic ring is 1. The van der Waals surface area contributed by atoms with Gasteiger partial charge in [0.15, 0.2) is 0 Å². The van der Waals surface area contributed by atoms with Crippen LogP contribution in [0.2, 0.25) is 5.15 Å². The lowest BCUT2D eigenvalue weighted by Gasteiger charge is -1.97. The summed E-state index contributed by atoms with van der Waals surface area (Å²) in [5.74, 6) is 0. The molecule has 0 radical (unpaired) electrons. The molecule has 2 N–H and O–H groups in total. The molecule has 0 spiro atoms. The van der Waals surface area contributed by atoms with Gasteiger partial charge < -0.3 is 10.3 Å². The van der Waals surface area contributed by atoms with E-state index in [-0.39, 0.29) is 0 Å². The molecule has 0 aliphatic rings. The van der Waals surface area contributed by atoms with Crippen molar-refractivity contribution >= 4 is 28.2 Å². The Morgan fingerprint density at radius 2 is 2.17 bits per heavy atom. The van der Waals surface area contributed by atoms with Crippen LogP contribution in [0.1, 0.15) is 0 Å². The molecular weight excluding hydrogens is 172 g/mol. The first-order chi connectivity index (χ1) is 5.70. The number of fused-ring (bicyclic) bond motifs is 1. The second kappa shape index (κ2) is 2.42. The van der Waals surface area contributed by atoms with Crippen molar-refractivity contribution in [3.05, 3.63) is 29.4 Å². The minimum Gasteiger partial charge on any atom is -0.398 e. The Bertz CT molecular complexity index is 431. The van der Waals surface area contributed by atoms with Crippen molar-refractivity contribution in [1.29, 1.82) is 0 Å². The molecule has 0 amide bonds. The number of halogens is 1. The summed E-state index contributed by atoms with van der Waals surface area (Å²) in [5, 5.41) is 1.73. The molecule has 2 rings (SSSR count). The van der Waals surface area contributed by atoms with Crippen LogP contribution in [0.4, 0.5) is 5.69 Å². The largest absolute Gasteiger partial charge is 0.398 e. The number of anilines is 1. The first-order valence-electron chi connectivity index (χ1n) is 3.69. The molecule has 0 atom stereocenters. The molecule has 1 heterocycles. The van der Waals surface area contributed by atoms with Gasteiger partial charge in [0.05, 0.1) is 5.52 Å². The minimum atomic E-state index is 0.711. The molecular formula is C9H9ClN2. The van der Waals surface area contributed by atoms with E-state index in [1.165, 1.54) is 0 Å². The number of aryl methyl sites for hydroxylation is 1.